The van der Waals surface area contributed by atoms with Crippen LogP contribution in [-0.4, -0.2) is 30.6 Å². The van der Waals surface area contributed by atoms with Crippen LogP contribution in [0.15, 0.2) is 0 Å². The van der Waals surface area contributed by atoms with Crippen molar-refractivity contribution in [2.75, 3.05) is 5.75 Å². The van der Waals surface area contributed by atoms with Gasteiger partial charge in [-0.25, -0.2) is 26.0 Å². The van der Waals surface area contributed by atoms with Crippen LogP contribution >= 0.6 is 0 Å². The third-order valence-electron chi connectivity index (χ3n) is 0.957. The Bertz CT molecular complexity index is 271. The molecule has 0 atom stereocenters. The van der Waals surface area contributed by atoms with Crippen molar-refractivity contribution in [1.29, 1.82) is 0 Å². The second-order valence-corrected chi connectivity index (χ2v) is 4.21. The first kappa shape index (κ1) is 17.7. The van der Waals surface area contributed by atoms with Gasteiger partial charge in [0.2, 0.25) is 0 Å². The molecule has 0 saturated carbocycles. The van der Waals surface area contributed by atoms with Gasteiger partial charge in [0.25, 0.3) is 11.8 Å². The first-order valence-corrected chi connectivity index (χ1v) is 4.68. The zero-order valence-electron chi connectivity index (χ0n) is 7.56. The van der Waals surface area contributed by atoms with Gasteiger partial charge in [0.05, 0.1) is 6.42 Å². The van der Waals surface area contributed by atoms with Crippen molar-refractivity contribution in [2.45, 2.75) is 25.2 Å². The van der Waals surface area contributed by atoms with Gasteiger partial charge in [-0.15, -0.1) is 0 Å². The third kappa shape index (κ3) is 11.3. The summed E-state index contributed by atoms with van der Waals surface area (Å²) < 4.78 is 78.3. The summed E-state index contributed by atoms with van der Waals surface area (Å²) in [5.74, 6) is -9.98. The fourth-order valence-electron chi connectivity index (χ4n) is 0.764. The summed E-state index contributed by atoms with van der Waals surface area (Å²) in [5, 5.41) is 0. The number of hydrogen-bond donors (Lipinski definition) is 0. The molecule has 0 spiro atoms. The normalized spacial score (nSPS) is 13.6. The minimum absolute atomic E-state index is 0. The summed E-state index contributed by atoms with van der Waals surface area (Å²) in [6.45, 7) is 0.221. The van der Waals surface area contributed by atoms with Crippen molar-refractivity contribution in [2.24, 2.45) is 0 Å². The van der Waals surface area contributed by atoms with Crippen LogP contribution in [0.25, 0.3) is 0 Å². The molecule has 0 N–H and O–H groups in total. The number of hydrogen-bond acceptors (Lipinski definition) is 3. The van der Waals surface area contributed by atoms with Crippen molar-refractivity contribution >= 4 is 10.1 Å². The average Bonchev–Trinajstić information content (AvgIpc) is 1.43. The predicted octanol–water partition coefficient (Wildman–Crippen LogP) is -1.78. The van der Waals surface area contributed by atoms with Gasteiger partial charge in [0, 0.05) is 0 Å². The van der Waals surface area contributed by atoms with E-state index < -0.39 is 34.1 Å². The Hall–Kier alpha value is 1.27. The molecule has 3 nitrogen and oxygen atoms in total. The molecule has 0 unspecified atom stereocenters. The van der Waals surface area contributed by atoms with Gasteiger partial charge in [-0.05, 0) is 6.92 Å². The molecule has 80 valence electrons. The molecular weight excluding hydrogens is 255 g/mol. The Kier molecular flexibility index (Phi) is 7.00. The minimum Gasteiger partial charge on any atom is -0.748 e. The van der Waals surface area contributed by atoms with Gasteiger partial charge < -0.3 is 4.55 Å². The molecule has 0 amide bonds. The zero-order valence-corrected chi connectivity index (χ0v) is 11.5. The average molecular weight is 262 g/mol. The van der Waals surface area contributed by atoms with E-state index in [9.17, 15) is 30.5 Å². The first-order chi connectivity index (χ1) is 5.41. The fraction of sp³-hybridized carbons (Fsp3) is 1.00. The third-order valence-corrected chi connectivity index (χ3v) is 1.73. The summed E-state index contributed by atoms with van der Waals surface area (Å²) in [7, 11) is -5.19. The largest absolute Gasteiger partial charge is 1.00 e. The second-order valence-electron chi connectivity index (χ2n) is 2.80. The molecule has 0 aromatic carbocycles. The maximum Gasteiger partial charge on any atom is 1.00 e. The van der Waals surface area contributed by atoms with E-state index in [2.05, 4.69) is 0 Å². The molecule has 14 heavy (non-hydrogen) atoms. The standard InChI is InChI=1S/C5H8F4O3S.K/c1-4(6,7)2-5(8,9)3-13(10,11)12;/h2-3H2,1H3,(H,10,11,12);/q;+1/p-1. The number of alkyl halides is 4. The predicted molar refractivity (Wildman–Crippen MR) is 34.7 cm³/mol. The monoisotopic (exact) mass is 262 g/mol. The van der Waals surface area contributed by atoms with Gasteiger partial charge in [-0.2, -0.15) is 0 Å². The van der Waals surface area contributed by atoms with E-state index >= 15 is 0 Å². The van der Waals surface area contributed by atoms with E-state index in [1.165, 1.54) is 0 Å². The first-order valence-electron chi connectivity index (χ1n) is 3.11. The van der Waals surface area contributed by atoms with Crippen LogP contribution in [0.1, 0.15) is 13.3 Å². The molecular formula is C5H7F4KO3S. The summed E-state index contributed by atoms with van der Waals surface area (Å²) >= 11 is 0. The van der Waals surface area contributed by atoms with Crippen LogP contribution < -0.4 is 51.4 Å². The Morgan fingerprint density at radius 3 is 1.79 bits per heavy atom. The van der Waals surface area contributed by atoms with Crippen molar-refractivity contribution in [3.05, 3.63) is 0 Å². The Labute approximate surface area is 121 Å². The molecule has 0 aliphatic heterocycles. The van der Waals surface area contributed by atoms with E-state index in [0.717, 1.165) is 0 Å². The maximum atomic E-state index is 12.4. The Morgan fingerprint density at radius 2 is 1.57 bits per heavy atom. The van der Waals surface area contributed by atoms with Gasteiger partial charge in [-0.3, -0.25) is 0 Å². The molecule has 0 aliphatic rings. The summed E-state index contributed by atoms with van der Waals surface area (Å²) in [4.78, 5) is 0. The van der Waals surface area contributed by atoms with Crippen molar-refractivity contribution < 1.29 is 81.9 Å². The van der Waals surface area contributed by atoms with Crippen molar-refractivity contribution in [3.63, 3.8) is 0 Å². The molecule has 9 heteroatoms. The Balaban J connectivity index is 0. The molecule has 0 saturated heterocycles. The van der Waals surface area contributed by atoms with Crippen LogP contribution in [0.3, 0.4) is 0 Å². The molecule has 0 aromatic heterocycles. The van der Waals surface area contributed by atoms with Crippen LogP contribution in [0, 0.1) is 0 Å². The van der Waals surface area contributed by atoms with Gasteiger partial charge in [0.15, 0.2) is 0 Å². The van der Waals surface area contributed by atoms with Gasteiger partial charge in [-0.1, -0.05) is 0 Å². The van der Waals surface area contributed by atoms with Gasteiger partial charge >= 0.3 is 51.4 Å². The summed E-state index contributed by atoms with van der Waals surface area (Å²) in [6, 6.07) is 0. The van der Waals surface area contributed by atoms with Gasteiger partial charge in [0.1, 0.15) is 15.9 Å². The second kappa shape index (κ2) is 5.55. The SMILES string of the molecule is CC(F)(F)CC(F)(F)CS(=O)(=O)[O-].[K+]. The van der Waals surface area contributed by atoms with E-state index in [0.29, 0.717) is 0 Å². The topological polar surface area (TPSA) is 57.2 Å². The van der Waals surface area contributed by atoms with Crippen molar-refractivity contribution in [3.8, 4) is 0 Å². The smallest absolute Gasteiger partial charge is 0.748 e. The minimum atomic E-state index is -5.19. The molecule has 0 radical (unpaired) electrons. The molecule has 0 aliphatic carbocycles. The molecule has 0 heterocycles. The van der Waals surface area contributed by atoms with Crippen molar-refractivity contribution in [1.82, 2.24) is 0 Å². The summed E-state index contributed by atoms with van der Waals surface area (Å²) in [6.07, 6.45) is -1.94. The van der Waals surface area contributed by atoms with Crippen LogP contribution in [0.2, 0.25) is 0 Å². The van der Waals surface area contributed by atoms with E-state index in [-0.39, 0.29) is 58.3 Å². The van der Waals surface area contributed by atoms with E-state index in [1.807, 2.05) is 0 Å². The summed E-state index contributed by atoms with van der Waals surface area (Å²) in [5.41, 5.74) is 0. The quantitative estimate of drug-likeness (QED) is 0.342. The van der Waals surface area contributed by atoms with E-state index in [1.54, 1.807) is 0 Å². The van der Waals surface area contributed by atoms with Crippen LogP contribution in [0.4, 0.5) is 17.6 Å². The zero-order chi connectivity index (χ0) is 10.9. The fourth-order valence-corrected chi connectivity index (χ4v) is 1.38. The maximum absolute atomic E-state index is 12.4. The molecule has 0 fully saturated rings. The van der Waals surface area contributed by atoms with E-state index in [4.69, 9.17) is 0 Å². The number of halogens is 4. The molecule has 0 aromatic rings. The molecule has 0 rings (SSSR count). The molecule has 0 bridgehead atoms. The van der Waals surface area contributed by atoms with Crippen LogP contribution in [0.5, 0.6) is 0 Å². The number of rotatable bonds is 4. The van der Waals surface area contributed by atoms with Crippen LogP contribution in [-0.2, 0) is 10.1 Å². The Morgan fingerprint density at radius 1 is 1.21 bits per heavy atom.